The number of allylic oxidation sites excluding steroid dienone is 3. The Kier molecular flexibility index (Phi) is 7.05. The van der Waals surface area contributed by atoms with Gasteiger partial charge in [0.05, 0.1) is 6.10 Å². The summed E-state index contributed by atoms with van der Waals surface area (Å²) in [5.41, 5.74) is 2.74. The van der Waals surface area contributed by atoms with Crippen molar-refractivity contribution in [3.05, 3.63) is 60.3 Å². The van der Waals surface area contributed by atoms with Crippen LogP contribution in [0, 0.1) is 5.92 Å². The van der Waals surface area contributed by atoms with Gasteiger partial charge in [0.1, 0.15) is 11.9 Å². The summed E-state index contributed by atoms with van der Waals surface area (Å²) >= 11 is 1.48. The number of aliphatic hydroxyl groups is 1. The Balaban J connectivity index is 1.60. The van der Waals surface area contributed by atoms with E-state index in [4.69, 9.17) is 9.47 Å². The molecule has 146 valence electrons. The average Bonchev–Trinajstić information content (AvgIpc) is 2.71. The number of benzene rings is 1. The third-order valence-electron chi connectivity index (χ3n) is 5.14. The summed E-state index contributed by atoms with van der Waals surface area (Å²) in [5, 5.41) is 10.7. The van der Waals surface area contributed by atoms with Crippen molar-refractivity contribution in [1.82, 2.24) is 4.72 Å². The van der Waals surface area contributed by atoms with Crippen molar-refractivity contribution < 1.29 is 14.6 Å². The Labute approximate surface area is 166 Å². The molecule has 0 amide bonds. The first kappa shape index (κ1) is 20.1. The minimum absolute atomic E-state index is 0.0737. The van der Waals surface area contributed by atoms with E-state index >= 15 is 0 Å². The van der Waals surface area contributed by atoms with Gasteiger partial charge in [0.2, 0.25) is 0 Å². The second kappa shape index (κ2) is 9.49. The second-order valence-corrected chi connectivity index (χ2v) is 8.01. The quantitative estimate of drug-likeness (QED) is 0.513. The topological polar surface area (TPSA) is 50.7 Å². The molecule has 2 aliphatic heterocycles. The van der Waals surface area contributed by atoms with E-state index in [9.17, 15) is 5.11 Å². The van der Waals surface area contributed by atoms with Gasteiger partial charge in [-0.15, -0.1) is 0 Å². The lowest BCUT2D eigenvalue weighted by Gasteiger charge is -2.36. The van der Waals surface area contributed by atoms with Crippen molar-refractivity contribution in [2.75, 3.05) is 13.2 Å². The molecular weight excluding hydrogens is 358 g/mol. The molecule has 2 aliphatic rings. The fourth-order valence-corrected chi connectivity index (χ4v) is 4.03. The van der Waals surface area contributed by atoms with Crippen LogP contribution < -0.4 is 9.46 Å². The second-order valence-electron chi connectivity index (χ2n) is 7.13. The summed E-state index contributed by atoms with van der Waals surface area (Å²) in [5.74, 6) is 1.26. The lowest BCUT2D eigenvalue weighted by atomic mass is 9.87. The van der Waals surface area contributed by atoms with Crippen LogP contribution in [-0.2, 0) is 4.74 Å². The summed E-state index contributed by atoms with van der Waals surface area (Å²) in [4.78, 5) is 1.02. The maximum atomic E-state index is 10.7. The van der Waals surface area contributed by atoms with Gasteiger partial charge in [-0.3, -0.25) is 0 Å². The van der Waals surface area contributed by atoms with Crippen molar-refractivity contribution in [1.29, 1.82) is 0 Å². The number of ether oxygens (including phenoxy) is 2. The first-order valence-corrected chi connectivity index (χ1v) is 10.4. The van der Waals surface area contributed by atoms with Crippen LogP contribution in [0.2, 0.25) is 0 Å². The summed E-state index contributed by atoms with van der Waals surface area (Å²) < 4.78 is 14.9. The fraction of sp³-hybridized carbons (Fsp3) is 0.455. The van der Waals surface area contributed by atoms with Crippen LogP contribution in [-0.4, -0.2) is 24.4 Å². The number of rotatable bonds is 7. The normalized spacial score (nSPS) is 22.9. The molecule has 1 fully saturated rings. The van der Waals surface area contributed by atoms with Crippen LogP contribution >= 0.6 is 11.9 Å². The number of hydrogen-bond donors (Lipinski definition) is 2. The molecule has 1 aromatic carbocycles. The highest BCUT2D eigenvalue weighted by molar-refractivity contribution is 7.97. The molecule has 2 atom stereocenters. The SMILES string of the molecule is C=C(/C=C\C(=C)NSc1ccc2c(c1)C(O)CC(C1CCOCC1)O2)CC. The smallest absolute Gasteiger partial charge is 0.125 e. The predicted octanol–water partition coefficient (Wildman–Crippen LogP) is 4.93. The molecule has 0 radical (unpaired) electrons. The molecule has 27 heavy (non-hydrogen) atoms. The van der Waals surface area contributed by atoms with E-state index in [0.29, 0.717) is 12.3 Å². The van der Waals surface area contributed by atoms with E-state index in [0.717, 1.165) is 60.0 Å². The van der Waals surface area contributed by atoms with Crippen molar-refractivity contribution >= 4 is 11.9 Å². The van der Waals surface area contributed by atoms with Gasteiger partial charge in [-0.25, -0.2) is 0 Å². The lowest BCUT2D eigenvalue weighted by Crippen LogP contribution is -2.36. The van der Waals surface area contributed by atoms with Gasteiger partial charge in [0.25, 0.3) is 0 Å². The van der Waals surface area contributed by atoms with E-state index in [1.165, 1.54) is 11.9 Å². The number of aliphatic hydroxyl groups excluding tert-OH is 1. The molecule has 2 unspecified atom stereocenters. The minimum Gasteiger partial charge on any atom is -0.490 e. The molecule has 4 nitrogen and oxygen atoms in total. The van der Waals surface area contributed by atoms with Crippen LogP contribution in [0.4, 0.5) is 0 Å². The average molecular weight is 388 g/mol. The van der Waals surface area contributed by atoms with Gasteiger partial charge in [-0.05, 0) is 55.5 Å². The van der Waals surface area contributed by atoms with Gasteiger partial charge in [-0.1, -0.05) is 31.7 Å². The largest absolute Gasteiger partial charge is 0.490 e. The number of fused-ring (bicyclic) bond motifs is 1. The summed E-state index contributed by atoms with van der Waals surface area (Å²) in [7, 11) is 0. The number of hydrogen-bond acceptors (Lipinski definition) is 5. The van der Waals surface area contributed by atoms with Gasteiger partial charge in [-0.2, -0.15) is 0 Å². The van der Waals surface area contributed by atoms with Crippen LogP contribution in [0.3, 0.4) is 0 Å². The number of nitrogens with one attached hydrogen (secondary N) is 1. The molecule has 1 aromatic rings. The van der Waals surface area contributed by atoms with E-state index in [-0.39, 0.29) is 6.10 Å². The molecule has 1 saturated heterocycles. The molecule has 0 saturated carbocycles. The van der Waals surface area contributed by atoms with Crippen molar-refractivity contribution in [3.8, 4) is 5.75 Å². The Bertz CT molecular complexity index is 710. The highest BCUT2D eigenvalue weighted by atomic mass is 32.2. The molecule has 2 N–H and O–H groups in total. The fourth-order valence-electron chi connectivity index (χ4n) is 3.39. The van der Waals surface area contributed by atoms with E-state index < -0.39 is 6.10 Å². The third-order valence-corrected chi connectivity index (χ3v) is 5.99. The van der Waals surface area contributed by atoms with E-state index in [1.807, 2.05) is 30.4 Å². The van der Waals surface area contributed by atoms with Crippen LogP contribution in [0.5, 0.6) is 5.75 Å². The molecule has 5 heteroatoms. The maximum Gasteiger partial charge on any atom is 0.125 e. The Morgan fingerprint density at radius 3 is 2.81 bits per heavy atom. The van der Waals surface area contributed by atoms with E-state index in [1.54, 1.807) is 0 Å². The maximum absolute atomic E-state index is 10.7. The minimum atomic E-state index is -0.488. The molecule has 3 rings (SSSR count). The molecular formula is C22H29NO3S. The zero-order chi connectivity index (χ0) is 19.2. The lowest BCUT2D eigenvalue weighted by molar-refractivity contribution is -0.0151. The van der Waals surface area contributed by atoms with Crippen molar-refractivity contribution in [2.24, 2.45) is 5.92 Å². The summed E-state index contributed by atoms with van der Waals surface area (Å²) in [6, 6.07) is 5.98. The van der Waals surface area contributed by atoms with Crippen molar-refractivity contribution in [3.63, 3.8) is 0 Å². The van der Waals surface area contributed by atoms with Gasteiger partial charge < -0.3 is 19.3 Å². The molecule has 2 heterocycles. The van der Waals surface area contributed by atoms with Gasteiger partial charge in [0.15, 0.2) is 0 Å². The molecule has 0 aliphatic carbocycles. The van der Waals surface area contributed by atoms with Gasteiger partial charge >= 0.3 is 0 Å². The highest BCUT2D eigenvalue weighted by Gasteiger charge is 2.33. The predicted molar refractivity (Wildman–Crippen MR) is 111 cm³/mol. The van der Waals surface area contributed by atoms with E-state index in [2.05, 4.69) is 24.8 Å². The summed E-state index contributed by atoms with van der Waals surface area (Å²) in [6.07, 6.45) is 7.06. The van der Waals surface area contributed by atoms with Crippen molar-refractivity contribution in [2.45, 2.75) is 49.7 Å². The van der Waals surface area contributed by atoms with Crippen LogP contribution in [0.25, 0.3) is 0 Å². The zero-order valence-corrected chi connectivity index (χ0v) is 16.8. The zero-order valence-electron chi connectivity index (χ0n) is 15.9. The first-order valence-electron chi connectivity index (χ1n) is 9.61. The molecule has 0 aromatic heterocycles. The Hall–Kier alpha value is -1.69. The first-order chi connectivity index (χ1) is 13.1. The molecule has 0 spiro atoms. The Morgan fingerprint density at radius 1 is 1.30 bits per heavy atom. The highest BCUT2D eigenvalue weighted by Crippen LogP contribution is 2.40. The molecule has 0 bridgehead atoms. The van der Waals surface area contributed by atoms with Gasteiger partial charge in [0, 0.05) is 41.7 Å². The summed E-state index contributed by atoms with van der Waals surface area (Å²) in [6.45, 7) is 11.6. The van der Waals surface area contributed by atoms with Crippen LogP contribution in [0.15, 0.2) is 59.7 Å². The van der Waals surface area contributed by atoms with Crippen LogP contribution in [0.1, 0.15) is 44.3 Å². The standard InChI is InChI=1S/C22H29NO3S/c1-4-15(2)5-6-16(3)23-27-18-7-8-21-19(13-18)20(24)14-22(26-21)17-9-11-25-12-10-17/h5-8,13,17,20,22-24H,2-4,9-12,14H2,1H3/b6-5-. The monoisotopic (exact) mass is 387 g/mol. The third kappa shape index (κ3) is 5.41. The Morgan fingerprint density at radius 2 is 2.07 bits per heavy atom.